The van der Waals surface area contributed by atoms with Crippen molar-refractivity contribution in [1.82, 2.24) is 10.6 Å². The number of hydrogen-bond acceptors (Lipinski definition) is 5. The molecule has 0 atom stereocenters. The van der Waals surface area contributed by atoms with Crippen molar-refractivity contribution < 1.29 is 9.59 Å². The van der Waals surface area contributed by atoms with Crippen LogP contribution in [-0.2, 0) is 0 Å². The molecule has 2 rings (SSSR count). The molecule has 6 nitrogen and oxygen atoms in total. The third kappa shape index (κ3) is 3.29. The molecule has 2 amide bonds. The fraction of sp³-hybridized carbons (Fsp3) is 0.571. The zero-order valence-corrected chi connectivity index (χ0v) is 13.5. The number of carbonyl (C=O) groups excluding carboxylic acids is 2. The van der Waals surface area contributed by atoms with Gasteiger partial charge in [0.15, 0.2) is 0 Å². The Morgan fingerprint density at radius 2 is 2.05 bits per heavy atom. The number of hydrogen-bond donors (Lipinski definition) is 3. The summed E-state index contributed by atoms with van der Waals surface area (Å²) in [6, 6.07) is 0.263. The standard InChI is InChI=1S/C14H22N4O2S/c1-4-7-18(3)14-9(12(19)16-2)10(15)11(21-14)13(20)17-8-5-6-8/h8H,4-7,15H2,1-3H3,(H,16,19)(H,17,20). The molecule has 1 fully saturated rings. The molecule has 0 radical (unpaired) electrons. The van der Waals surface area contributed by atoms with Crippen LogP contribution in [0.2, 0.25) is 0 Å². The SMILES string of the molecule is CCCN(C)c1sc(C(=O)NC2CC2)c(N)c1C(=O)NC. The van der Waals surface area contributed by atoms with Crippen LogP contribution in [0.3, 0.4) is 0 Å². The van der Waals surface area contributed by atoms with Crippen LogP contribution in [-0.4, -0.2) is 38.5 Å². The Bertz CT molecular complexity index is 551. The molecule has 7 heteroatoms. The Labute approximate surface area is 128 Å². The molecule has 0 bridgehead atoms. The maximum atomic E-state index is 12.2. The second-order valence-electron chi connectivity index (χ2n) is 5.27. The summed E-state index contributed by atoms with van der Waals surface area (Å²) in [5, 5.41) is 6.26. The fourth-order valence-electron chi connectivity index (χ4n) is 2.13. The van der Waals surface area contributed by atoms with Gasteiger partial charge in [0.2, 0.25) is 0 Å². The van der Waals surface area contributed by atoms with E-state index in [0.717, 1.165) is 30.8 Å². The molecule has 1 saturated carbocycles. The highest BCUT2D eigenvalue weighted by molar-refractivity contribution is 7.19. The smallest absolute Gasteiger partial charge is 0.263 e. The molecule has 1 aromatic heterocycles. The predicted molar refractivity (Wildman–Crippen MR) is 86.2 cm³/mol. The Morgan fingerprint density at radius 1 is 1.38 bits per heavy atom. The summed E-state index contributed by atoms with van der Waals surface area (Å²) in [6.07, 6.45) is 2.98. The van der Waals surface area contributed by atoms with Crippen LogP contribution in [0.25, 0.3) is 0 Å². The first kappa shape index (κ1) is 15.6. The molecule has 1 aromatic rings. The number of nitrogens with zero attached hydrogens (tertiary/aromatic N) is 1. The first-order valence-corrected chi connectivity index (χ1v) is 7.97. The number of amides is 2. The van der Waals surface area contributed by atoms with Crippen LogP contribution in [0, 0.1) is 0 Å². The van der Waals surface area contributed by atoms with Gasteiger partial charge in [0.1, 0.15) is 9.88 Å². The summed E-state index contributed by atoms with van der Waals surface area (Å²) >= 11 is 1.28. The van der Waals surface area contributed by atoms with Crippen LogP contribution in [0.15, 0.2) is 0 Å². The lowest BCUT2D eigenvalue weighted by Gasteiger charge is -2.17. The third-order valence-corrected chi connectivity index (χ3v) is 4.72. The molecular formula is C14H22N4O2S. The summed E-state index contributed by atoms with van der Waals surface area (Å²) in [7, 11) is 3.47. The van der Waals surface area contributed by atoms with Crippen molar-refractivity contribution >= 4 is 33.8 Å². The molecule has 1 aliphatic carbocycles. The number of anilines is 2. The number of rotatable bonds is 6. The minimum absolute atomic E-state index is 0.179. The Balaban J connectivity index is 2.37. The topological polar surface area (TPSA) is 87.5 Å². The summed E-state index contributed by atoms with van der Waals surface area (Å²) in [6.45, 7) is 2.86. The summed E-state index contributed by atoms with van der Waals surface area (Å²) in [4.78, 5) is 26.7. The number of nitrogens with two attached hydrogens (primary N) is 1. The highest BCUT2D eigenvalue weighted by Crippen LogP contribution is 2.38. The monoisotopic (exact) mass is 310 g/mol. The van der Waals surface area contributed by atoms with Crippen molar-refractivity contribution in [3.05, 3.63) is 10.4 Å². The van der Waals surface area contributed by atoms with Crippen molar-refractivity contribution in [3.63, 3.8) is 0 Å². The first-order chi connectivity index (χ1) is 9.99. The maximum absolute atomic E-state index is 12.2. The molecule has 0 saturated heterocycles. The highest BCUT2D eigenvalue weighted by atomic mass is 32.1. The van der Waals surface area contributed by atoms with Gasteiger partial charge in [0.05, 0.1) is 11.3 Å². The molecule has 0 spiro atoms. The van der Waals surface area contributed by atoms with E-state index >= 15 is 0 Å². The number of nitrogens with one attached hydrogen (secondary N) is 2. The summed E-state index contributed by atoms with van der Waals surface area (Å²) < 4.78 is 0. The summed E-state index contributed by atoms with van der Waals surface area (Å²) in [5.74, 6) is -0.437. The van der Waals surface area contributed by atoms with E-state index < -0.39 is 0 Å². The quantitative estimate of drug-likeness (QED) is 0.742. The lowest BCUT2D eigenvalue weighted by molar-refractivity contribution is 0.0955. The van der Waals surface area contributed by atoms with E-state index in [9.17, 15) is 9.59 Å². The largest absolute Gasteiger partial charge is 0.397 e. The lowest BCUT2D eigenvalue weighted by atomic mass is 10.2. The van der Waals surface area contributed by atoms with E-state index in [1.54, 1.807) is 7.05 Å². The van der Waals surface area contributed by atoms with E-state index in [2.05, 4.69) is 17.6 Å². The van der Waals surface area contributed by atoms with E-state index in [-0.39, 0.29) is 23.5 Å². The Morgan fingerprint density at radius 3 is 2.57 bits per heavy atom. The van der Waals surface area contributed by atoms with Gasteiger partial charge in [-0.25, -0.2) is 0 Å². The average molecular weight is 310 g/mol. The fourth-order valence-corrected chi connectivity index (χ4v) is 3.24. The normalized spacial score (nSPS) is 13.9. The molecule has 1 heterocycles. The van der Waals surface area contributed by atoms with Gasteiger partial charge in [-0.1, -0.05) is 6.92 Å². The van der Waals surface area contributed by atoms with Gasteiger partial charge >= 0.3 is 0 Å². The van der Waals surface area contributed by atoms with E-state index in [1.807, 2.05) is 11.9 Å². The molecule has 1 aliphatic rings. The second kappa shape index (κ2) is 6.34. The van der Waals surface area contributed by atoms with Gasteiger partial charge < -0.3 is 21.3 Å². The van der Waals surface area contributed by atoms with Gasteiger partial charge in [-0.05, 0) is 19.3 Å². The maximum Gasteiger partial charge on any atom is 0.263 e. The second-order valence-corrected chi connectivity index (χ2v) is 6.27. The van der Waals surface area contributed by atoms with E-state index in [0.29, 0.717) is 10.4 Å². The minimum Gasteiger partial charge on any atom is -0.397 e. The number of nitrogen functional groups attached to an aromatic ring is 1. The van der Waals surface area contributed by atoms with Crippen LogP contribution in [0.1, 0.15) is 46.2 Å². The number of carbonyl (C=O) groups is 2. The molecule has 21 heavy (non-hydrogen) atoms. The van der Waals surface area contributed by atoms with Crippen molar-refractivity contribution in [1.29, 1.82) is 0 Å². The summed E-state index contributed by atoms with van der Waals surface area (Å²) in [5.41, 5.74) is 6.75. The minimum atomic E-state index is -0.257. The van der Waals surface area contributed by atoms with Gasteiger partial charge in [-0.2, -0.15) is 0 Å². The highest BCUT2D eigenvalue weighted by Gasteiger charge is 2.30. The van der Waals surface area contributed by atoms with Gasteiger partial charge in [0, 0.05) is 26.7 Å². The third-order valence-electron chi connectivity index (χ3n) is 3.41. The molecule has 0 unspecified atom stereocenters. The van der Waals surface area contributed by atoms with Crippen LogP contribution >= 0.6 is 11.3 Å². The van der Waals surface area contributed by atoms with Crippen molar-refractivity contribution in [2.75, 3.05) is 31.3 Å². The molecular weight excluding hydrogens is 288 g/mol. The van der Waals surface area contributed by atoms with Crippen LogP contribution in [0.5, 0.6) is 0 Å². The lowest BCUT2D eigenvalue weighted by Crippen LogP contribution is -2.26. The number of thiophene rings is 1. The molecule has 0 aromatic carbocycles. The first-order valence-electron chi connectivity index (χ1n) is 7.15. The van der Waals surface area contributed by atoms with Crippen molar-refractivity contribution in [2.24, 2.45) is 0 Å². The molecule has 116 valence electrons. The predicted octanol–water partition coefficient (Wildman–Crippen LogP) is 1.43. The van der Waals surface area contributed by atoms with Crippen LogP contribution in [0.4, 0.5) is 10.7 Å². The van der Waals surface area contributed by atoms with Crippen molar-refractivity contribution in [2.45, 2.75) is 32.2 Å². The van der Waals surface area contributed by atoms with Crippen LogP contribution < -0.4 is 21.3 Å². The zero-order valence-electron chi connectivity index (χ0n) is 12.7. The van der Waals surface area contributed by atoms with Crippen molar-refractivity contribution in [3.8, 4) is 0 Å². The van der Waals surface area contributed by atoms with E-state index in [1.165, 1.54) is 11.3 Å². The van der Waals surface area contributed by atoms with E-state index in [4.69, 9.17) is 5.73 Å². The molecule has 0 aliphatic heterocycles. The zero-order chi connectivity index (χ0) is 15.6. The van der Waals surface area contributed by atoms with Gasteiger partial charge in [0.25, 0.3) is 11.8 Å². The molecule has 4 N–H and O–H groups in total. The average Bonchev–Trinajstić information content (AvgIpc) is 3.19. The van der Waals surface area contributed by atoms with Gasteiger partial charge in [-0.15, -0.1) is 11.3 Å². The Hall–Kier alpha value is -1.76. The van der Waals surface area contributed by atoms with Gasteiger partial charge in [-0.3, -0.25) is 9.59 Å². The Kier molecular flexibility index (Phi) is 4.72.